The number of aliphatic carboxylic acids is 1. The van der Waals surface area contributed by atoms with E-state index in [-0.39, 0.29) is 18.0 Å². The molecule has 0 aromatic heterocycles. The van der Waals surface area contributed by atoms with Crippen LogP contribution in [-0.4, -0.2) is 41.1 Å². The molecule has 1 aliphatic heterocycles. The molecule has 124 valence electrons. The van der Waals surface area contributed by atoms with Gasteiger partial charge in [0.15, 0.2) is 0 Å². The van der Waals surface area contributed by atoms with Crippen LogP contribution in [-0.2, 0) is 4.79 Å². The van der Waals surface area contributed by atoms with Crippen LogP contribution >= 0.6 is 11.6 Å². The number of hydrogen-bond donors (Lipinski definition) is 2. The predicted octanol–water partition coefficient (Wildman–Crippen LogP) is 3.09. The van der Waals surface area contributed by atoms with Crippen LogP contribution in [0.15, 0.2) is 24.3 Å². The van der Waals surface area contributed by atoms with Crippen LogP contribution < -0.4 is 5.32 Å². The molecule has 0 atom stereocenters. The van der Waals surface area contributed by atoms with E-state index in [4.69, 9.17) is 16.7 Å². The number of amides is 2. The third-order valence-electron chi connectivity index (χ3n) is 4.94. The average Bonchev–Trinajstić information content (AvgIpc) is 2.51. The van der Waals surface area contributed by atoms with Crippen molar-refractivity contribution >= 4 is 23.6 Å². The van der Waals surface area contributed by atoms with E-state index in [9.17, 15) is 9.59 Å². The second-order valence-electron chi connectivity index (χ2n) is 6.44. The maximum absolute atomic E-state index is 12.2. The van der Waals surface area contributed by atoms with Gasteiger partial charge in [-0.2, -0.15) is 0 Å². The molecule has 1 aromatic carbocycles. The van der Waals surface area contributed by atoms with Gasteiger partial charge < -0.3 is 15.3 Å². The number of urea groups is 1. The van der Waals surface area contributed by atoms with Crippen LogP contribution in [0.4, 0.5) is 4.79 Å². The third kappa shape index (κ3) is 3.61. The van der Waals surface area contributed by atoms with Crippen molar-refractivity contribution in [3.8, 4) is 0 Å². The Kier molecular flexibility index (Phi) is 4.76. The Balaban J connectivity index is 1.44. The highest BCUT2D eigenvalue weighted by molar-refractivity contribution is 6.31. The summed E-state index contributed by atoms with van der Waals surface area (Å²) in [5, 5.41) is 12.8. The molecule has 2 aliphatic rings. The number of likely N-dealkylation sites (tertiary alicyclic amines) is 1. The summed E-state index contributed by atoms with van der Waals surface area (Å²) in [6.45, 7) is 1.03. The Bertz CT molecular complexity index is 593. The van der Waals surface area contributed by atoms with Crippen molar-refractivity contribution in [1.29, 1.82) is 0 Å². The summed E-state index contributed by atoms with van der Waals surface area (Å²) in [5.41, 5.74) is 1.15. The molecule has 2 N–H and O–H groups in total. The lowest BCUT2D eigenvalue weighted by Crippen LogP contribution is -2.51. The summed E-state index contributed by atoms with van der Waals surface area (Å²) < 4.78 is 0. The lowest BCUT2D eigenvalue weighted by atomic mass is 9.76. The summed E-state index contributed by atoms with van der Waals surface area (Å²) in [5.74, 6) is -0.661. The maximum atomic E-state index is 12.2. The van der Waals surface area contributed by atoms with Gasteiger partial charge in [-0.05, 0) is 43.2 Å². The number of nitrogens with zero attached hydrogens (tertiary/aromatic N) is 1. The topological polar surface area (TPSA) is 69.6 Å². The van der Waals surface area contributed by atoms with E-state index < -0.39 is 5.97 Å². The number of carbonyl (C=O) groups is 2. The zero-order valence-corrected chi connectivity index (χ0v) is 13.6. The van der Waals surface area contributed by atoms with Crippen molar-refractivity contribution in [3.63, 3.8) is 0 Å². The Morgan fingerprint density at radius 3 is 2.43 bits per heavy atom. The molecule has 1 heterocycles. The Morgan fingerprint density at radius 1 is 1.17 bits per heavy atom. The fourth-order valence-corrected chi connectivity index (χ4v) is 3.68. The van der Waals surface area contributed by atoms with Gasteiger partial charge in [-0.1, -0.05) is 29.8 Å². The first-order valence-electron chi connectivity index (χ1n) is 8.07. The van der Waals surface area contributed by atoms with E-state index in [1.807, 2.05) is 24.3 Å². The van der Waals surface area contributed by atoms with Gasteiger partial charge in [0, 0.05) is 24.2 Å². The summed E-state index contributed by atoms with van der Waals surface area (Å²) >= 11 is 6.20. The molecule has 0 bridgehead atoms. The van der Waals surface area contributed by atoms with Crippen molar-refractivity contribution in [2.75, 3.05) is 13.1 Å². The SMILES string of the molecule is O=C(O)C1CCN(C(=O)NC2CC(c3ccccc3Cl)C2)CC1. The number of benzene rings is 1. The molecule has 6 heteroatoms. The molecule has 1 aliphatic carbocycles. The van der Waals surface area contributed by atoms with Crippen molar-refractivity contribution in [2.45, 2.75) is 37.6 Å². The van der Waals surface area contributed by atoms with Gasteiger partial charge in [-0.15, -0.1) is 0 Å². The van der Waals surface area contributed by atoms with Gasteiger partial charge >= 0.3 is 12.0 Å². The minimum atomic E-state index is -0.758. The molecule has 1 saturated heterocycles. The molecule has 2 amide bonds. The molecular formula is C17H21ClN2O3. The molecule has 1 aromatic rings. The highest BCUT2D eigenvalue weighted by Crippen LogP contribution is 2.39. The van der Waals surface area contributed by atoms with Gasteiger partial charge in [-0.3, -0.25) is 4.79 Å². The number of carbonyl (C=O) groups excluding carboxylic acids is 1. The van der Waals surface area contributed by atoms with Crippen LogP contribution in [0, 0.1) is 5.92 Å². The summed E-state index contributed by atoms with van der Waals surface area (Å²) in [4.78, 5) is 24.9. The lowest BCUT2D eigenvalue weighted by Gasteiger charge is -2.39. The molecular weight excluding hydrogens is 316 g/mol. The standard InChI is InChI=1S/C17H21ClN2O3/c18-15-4-2-1-3-14(15)12-9-13(10-12)19-17(23)20-7-5-11(6-8-20)16(21)22/h1-4,11-13H,5-10H2,(H,19,23)(H,21,22). The van der Waals surface area contributed by atoms with E-state index in [0.29, 0.717) is 31.8 Å². The highest BCUT2D eigenvalue weighted by Gasteiger charge is 2.34. The molecule has 3 rings (SSSR count). The van der Waals surface area contributed by atoms with Crippen LogP contribution in [0.2, 0.25) is 5.02 Å². The fraction of sp³-hybridized carbons (Fsp3) is 0.529. The first-order chi connectivity index (χ1) is 11.0. The Hall–Kier alpha value is -1.75. The van der Waals surface area contributed by atoms with Gasteiger partial charge in [0.1, 0.15) is 0 Å². The largest absolute Gasteiger partial charge is 0.481 e. The van der Waals surface area contributed by atoms with Gasteiger partial charge in [0.2, 0.25) is 0 Å². The molecule has 0 spiro atoms. The van der Waals surface area contributed by atoms with Gasteiger partial charge in [0.25, 0.3) is 0 Å². The number of nitrogens with one attached hydrogen (secondary N) is 1. The minimum Gasteiger partial charge on any atom is -0.481 e. The fourth-order valence-electron chi connectivity index (χ4n) is 3.39. The van der Waals surface area contributed by atoms with Crippen molar-refractivity contribution in [2.24, 2.45) is 5.92 Å². The van der Waals surface area contributed by atoms with Crippen LogP contribution in [0.25, 0.3) is 0 Å². The number of piperidine rings is 1. The third-order valence-corrected chi connectivity index (χ3v) is 5.29. The van der Waals surface area contributed by atoms with E-state index in [2.05, 4.69) is 5.32 Å². The van der Waals surface area contributed by atoms with Crippen LogP contribution in [0.1, 0.15) is 37.2 Å². The van der Waals surface area contributed by atoms with E-state index in [0.717, 1.165) is 23.4 Å². The molecule has 5 nitrogen and oxygen atoms in total. The summed E-state index contributed by atoms with van der Waals surface area (Å²) in [6, 6.07) is 7.96. The van der Waals surface area contributed by atoms with Gasteiger partial charge in [0.05, 0.1) is 5.92 Å². The first kappa shape index (κ1) is 16.1. The quantitative estimate of drug-likeness (QED) is 0.891. The summed E-state index contributed by atoms with van der Waals surface area (Å²) in [6.07, 6.45) is 2.88. The molecule has 1 saturated carbocycles. The monoisotopic (exact) mass is 336 g/mol. The van der Waals surface area contributed by atoms with Crippen molar-refractivity contribution in [1.82, 2.24) is 10.2 Å². The highest BCUT2D eigenvalue weighted by atomic mass is 35.5. The van der Waals surface area contributed by atoms with Crippen LogP contribution in [0.5, 0.6) is 0 Å². The van der Waals surface area contributed by atoms with Crippen molar-refractivity contribution in [3.05, 3.63) is 34.9 Å². The minimum absolute atomic E-state index is 0.0727. The van der Waals surface area contributed by atoms with E-state index >= 15 is 0 Å². The molecule has 0 radical (unpaired) electrons. The van der Waals surface area contributed by atoms with Gasteiger partial charge in [-0.25, -0.2) is 4.79 Å². The molecule has 0 unspecified atom stereocenters. The maximum Gasteiger partial charge on any atom is 0.317 e. The second-order valence-corrected chi connectivity index (χ2v) is 6.84. The average molecular weight is 337 g/mol. The number of rotatable bonds is 3. The number of halogens is 1. The normalized spacial score (nSPS) is 24.8. The zero-order valence-electron chi connectivity index (χ0n) is 12.9. The Morgan fingerprint density at radius 2 is 1.83 bits per heavy atom. The Labute approximate surface area is 140 Å². The second kappa shape index (κ2) is 6.79. The van der Waals surface area contributed by atoms with Crippen LogP contribution in [0.3, 0.4) is 0 Å². The van der Waals surface area contributed by atoms with E-state index in [1.165, 1.54) is 0 Å². The summed E-state index contributed by atoms with van der Waals surface area (Å²) in [7, 11) is 0. The molecule has 23 heavy (non-hydrogen) atoms. The smallest absolute Gasteiger partial charge is 0.317 e. The van der Waals surface area contributed by atoms with E-state index in [1.54, 1.807) is 4.90 Å². The zero-order chi connectivity index (χ0) is 16.4. The number of hydrogen-bond acceptors (Lipinski definition) is 2. The lowest BCUT2D eigenvalue weighted by molar-refractivity contribution is -0.143. The number of carboxylic acids is 1. The molecule has 2 fully saturated rings. The first-order valence-corrected chi connectivity index (χ1v) is 8.45. The predicted molar refractivity (Wildman–Crippen MR) is 87.7 cm³/mol. The van der Waals surface area contributed by atoms with Crippen molar-refractivity contribution < 1.29 is 14.7 Å². The number of carboxylic acid groups (broad SMARTS) is 1.